The van der Waals surface area contributed by atoms with Crippen LogP contribution in [0.3, 0.4) is 0 Å². The van der Waals surface area contributed by atoms with Crippen molar-refractivity contribution in [3.05, 3.63) is 54.0 Å². The normalized spacial score (nSPS) is 14.4. The molecule has 24 heavy (non-hydrogen) atoms. The van der Waals surface area contributed by atoms with Crippen LogP contribution in [0.2, 0.25) is 0 Å². The van der Waals surface area contributed by atoms with Gasteiger partial charge in [0.05, 0.1) is 17.4 Å². The molecule has 1 aliphatic rings. The molecule has 0 spiro atoms. The molecule has 6 nitrogen and oxygen atoms in total. The summed E-state index contributed by atoms with van der Waals surface area (Å²) in [6, 6.07) is 9.35. The third-order valence-corrected chi connectivity index (χ3v) is 3.91. The maximum atomic E-state index is 13.6. The van der Waals surface area contributed by atoms with Gasteiger partial charge in [-0.3, -0.25) is 9.59 Å². The van der Waals surface area contributed by atoms with E-state index in [2.05, 4.69) is 15.2 Å². The first kappa shape index (κ1) is 15.9. The van der Waals surface area contributed by atoms with E-state index < -0.39 is 11.7 Å². The molecule has 2 heterocycles. The molecule has 0 radical (unpaired) electrons. The third-order valence-electron chi connectivity index (χ3n) is 3.91. The molecule has 1 saturated heterocycles. The van der Waals surface area contributed by atoms with Crippen LogP contribution < -0.4 is 10.2 Å². The quantitative estimate of drug-likeness (QED) is 0.869. The van der Waals surface area contributed by atoms with Crippen molar-refractivity contribution in [3.8, 4) is 0 Å². The summed E-state index contributed by atoms with van der Waals surface area (Å²) in [6.45, 7) is 2.76. The molecule has 1 aromatic heterocycles. The first-order valence-electron chi connectivity index (χ1n) is 7.63. The van der Waals surface area contributed by atoms with E-state index in [0.717, 1.165) is 12.2 Å². The number of hydrogen-bond acceptors (Lipinski definition) is 4. The highest BCUT2D eigenvalue weighted by Gasteiger charge is 2.17. The zero-order valence-corrected chi connectivity index (χ0v) is 13.0. The predicted molar refractivity (Wildman–Crippen MR) is 88.4 cm³/mol. The minimum atomic E-state index is -0.562. The number of nitrogens with zero attached hydrogens (tertiary/aromatic N) is 3. The molecule has 2 amide bonds. The topological polar surface area (TPSA) is 65.5 Å². The van der Waals surface area contributed by atoms with E-state index in [0.29, 0.717) is 31.9 Å². The summed E-state index contributed by atoms with van der Waals surface area (Å²) in [5, 5.41) is 2.63. The fraction of sp³-hybridized carbons (Fsp3) is 0.235. The Bertz CT molecular complexity index is 728. The van der Waals surface area contributed by atoms with E-state index in [1.165, 1.54) is 18.2 Å². The van der Waals surface area contributed by atoms with Crippen LogP contribution in [0.15, 0.2) is 42.6 Å². The lowest BCUT2D eigenvalue weighted by Crippen LogP contribution is -2.46. The highest BCUT2D eigenvalue weighted by atomic mass is 19.1. The van der Waals surface area contributed by atoms with Gasteiger partial charge in [0.15, 0.2) is 0 Å². The molecule has 0 saturated carbocycles. The van der Waals surface area contributed by atoms with Gasteiger partial charge < -0.3 is 15.1 Å². The third kappa shape index (κ3) is 3.51. The second-order valence-corrected chi connectivity index (χ2v) is 5.47. The fourth-order valence-electron chi connectivity index (χ4n) is 2.55. The molecule has 2 aromatic rings. The number of amides is 2. The number of halogens is 1. The van der Waals surface area contributed by atoms with Gasteiger partial charge in [-0.1, -0.05) is 12.1 Å². The summed E-state index contributed by atoms with van der Waals surface area (Å²) in [5.41, 5.74) is 0.491. The number of hydrogen-bond donors (Lipinski definition) is 1. The Morgan fingerprint density at radius 1 is 1.12 bits per heavy atom. The molecule has 7 heteroatoms. The number of aromatic nitrogens is 1. The monoisotopic (exact) mass is 328 g/mol. The Balaban J connectivity index is 1.64. The molecule has 1 aromatic carbocycles. The largest absolute Gasteiger partial charge is 0.353 e. The molecule has 1 fully saturated rings. The first-order valence-corrected chi connectivity index (χ1v) is 7.63. The lowest BCUT2D eigenvalue weighted by atomic mass is 10.2. The lowest BCUT2D eigenvalue weighted by molar-refractivity contribution is -0.118. The average molecular weight is 328 g/mol. The SMILES string of the molecule is O=CN1CCN(c2ccc(NC(=O)c3ccccc3F)cn2)CC1. The van der Waals surface area contributed by atoms with Crippen molar-refractivity contribution in [2.24, 2.45) is 0 Å². The number of carbonyl (C=O) groups is 2. The zero-order valence-electron chi connectivity index (χ0n) is 13.0. The Morgan fingerprint density at radius 3 is 2.50 bits per heavy atom. The van der Waals surface area contributed by atoms with E-state index in [1.54, 1.807) is 29.3 Å². The Kier molecular flexibility index (Phi) is 4.69. The van der Waals surface area contributed by atoms with Crippen molar-refractivity contribution in [1.29, 1.82) is 0 Å². The molecular formula is C17H17FN4O2. The van der Waals surface area contributed by atoms with Crippen LogP contribution in [0.1, 0.15) is 10.4 Å². The van der Waals surface area contributed by atoms with Gasteiger partial charge in [0, 0.05) is 26.2 Å². The van der Waals surface area contributed by atoms with Crippen molar-refractivity contribution in [1.82, 2.24) is 9.88 Å². The second-order valence-electron chi connectivity index (χ2n) is 5.47. The summed E-state index contributed by atoms with van der Waals surface area (Å²) in [7, 11) is 0. The number of rotatable bonds is 4. The zero-order chi connectivity index (χ0) is 16.9. The standard InChI is InChI=1S/C17H17FN4O2/c18-15-4-2-1-3-14(15)17(24)20-13-5-6-16(19-11-13)22-9-7-21(12-23)8-10-22/h1-6,11-12H,7-10H2,(H,20,24). The van der Waals surface area contributed by atoms with Crippen molar-refractivity contribution < 1.29 is 14.0 Å². The number of carbonyl (C=O) groups excluding carboxylic acids is 2. The van der Waals surface area contributed by atoms with Crippen LogP contribution in [0, 0.1) is 5.82 Å². The van der Waals surface area contributed by atoms with Gasteiger partial charge in [-0.2, -0.15) is 0 Å². The van der Waals surface area contributed by atoms with Crippen LogP contribution in [-0.2, 0) is 4.79 Å². The van der Waals surface area contributed by atoms with Gasteiger partial charge in [-0.25, -0.2) is 9.37 Å². The first-order chi connectivity index (χ1) is 11.7. The van der Waals surface area contributed by atoms with Crippen LogP contribution in [0.4, 0.5) is 15.9 Å². The highest BCUT2D eigenvalue weighted by Crippen LogP contribution is 2.17. The summed E-state index contributed by atoms with van der Waals surface area (Å²) < 4.78 is 13.6. The summed E-state index contributed by atoms with van der Waals surface area (Å²) in [5.74, 6) is -0.292. The molecular weight excluding hydrogens is 311 g/mol. The van der Waals surface area contributed by atoms with E-state index in [-0.39, 0.29) is 5.56 Å². The van der Waals surface area contributed by atoms with Gasteiger partial charge in [-0.05, 0) is 24.3 Å². The van der Waals surface area contributed by atoms with Gasteiger partial charge in [0.2, 0.25) is 6.41 Å². The Hall–Kier alpha value is -2.96. The molecule has 1 N–H and O–H groups in total. The molecule has 0 unspecified atom stereocenters. The predicted octanol–water partition coefficient (Wildman–Crippen LogP) is 1.75. The van der Waals surface area contributed by atoms with Crippen molar-refractivity contribution in [3.63, 3.8) is 0 Å². The van der Waals surface area contributed by atoms with E-state index in [9.17, 15) is 14.0 Å². The number of nitrogens with one attached hydrogen (secondary N) is 1. The van der Waals surface area contributed by atoms with Gasteiger partial charge in [0.1, 0.15) is 11.6 Å². The van der Waals surface area contributed by atoms with Crippen LogP contribution in [0.5, 0.6) is 0 Å². The molecule has 3 rings (SSSR count). The average Bonchev–Trinajstić information content (AvgIpc) is 2.63. The minimum Gasteiger partial charge on any atom is -0.353 e. The molecule has 0 atom stereocenters. The number of benzene rings is 1. The number of anilines is 2. The molecule has 0 bridgehead atoms. The smallest absolute Gasteiger partial charge is 0.258 e. The van der Waals surface area contributed by atoms with E-state index in [1.807, 2.05) is 0 Å². The maximum absolute atomic E-state index is 13.6. The van der Waals surface area contributed by atoms with Gasteiger partial charge in [-0.15, -0.1) is 0 Å². The number of piperazine rings is 1. The van der Waals surface area contributed by atoms with Crippen LogP contribution in [-0.4, -0.2) is 48.4 Å². The van der Waals surface area contributed by atoms with Crippen LogP contribution >= 0.6 is 0 Å². The van der Waals surface area contributed by atoms with E-state index in [4.69, 9.17) is 0 Å². The fourth-order valence-corrected chi connectivity index (χ4v) is 2.55. The second kappa shape index (κ2) is 7.08. The van der Waals surface area contributed by atoms with Crippen molar-refractivity contribution in [2.45, 2.75) is 0 Å². The molecule has 0 aliphatic carbocycles. The summed E-state index contributed by atoms with van der Waals surface area (Å²) in [4.78, 5) is 30.9. The molecule has 1 aliphatic heterocycles. The maximum Gasteiger partial charge on any atom is 0.258 e. The van der Waals surface area contributed by atoms with Crippen LogP contribution in [0.25, 0.3) is 0 Å². The number of pyridine rings is 1. The minimum absolute atomic E-state index is 0.00781. The summed E-state index contributed by atoms with van der Waals surface area (Å²) >= 11 is 0. The lowest BCUT2D eigenvalue weighted by Gasteiger charge is -2.33. The van der Waals surface area contributed by atoms with Crippen molar-refractivity contribution in [2.75, 3.05) is 36.4 Å². The highest BCUT2D eigenvalue weighted by molar-refractivity contribution is 6.04. The Labute approximate surface area is 138 Å². The molecule has 124 valence electrons. The van der Waals surface area contributed by atoms with E-state index >= 15 is 0 Å². The van der Waals surface area contributed by atoms with Gasteiger partial charge >= 0.3 is 0 Å². The summed E-state index contributed by atoms with van der Waals surface area (Å²) in [6.07, 6.45) is 2.40. The Morgan fingerprint density at radius 2 is 1.88 bits per heavy atom. The van der Waals surface area contributed by atoms with Crippen molar-refractivity contribution >= 4 is 23.8 Å². The van der Waals surface area contributed by atoms with Gasteiger partial charge in [0.25, 0.3) is 5.91 Å².